The molecule has 1 nitrogen and oxygen atoms in total. The SMILES string of the molecule is CC(C)(N)C#Cc1ccc(Cl)s1. The van der Waals surface area contributed by atoms with Crippen LogP contribution in [0, 0.1) is 11.8 Å². The van der Waals surface area contributed by atoms with Crippen molar-refractivity contribution in [1.29, 1.82) is 0 Å². The molecule has 1 aromatic heterocycles. The van der Waals surface area contributed by atoms with Gasteiger partial charge in [0, 0.05) is 0 Å². The molecule has 0 spiro atoms. The zero-order valence-electron chi connectivity index (χ0n) is 7.02. The van der Waals surface area contributed by atoms with Gasteiger partial charge in [0.15, 0.2) is 0 Å². The maximum absolute atomic E-state index is 5.73. The summed E-state index contributed by atoms with van der Waals surface area (Å²) >= 11 is 7.19. The highest BCUT2D eigenvalue weighted by Crippen LogP contribution is 2.20. The molecule has 1 aromatic rings. The quantitative estimate of drug-likeness (QED) is 0.639. The summed E-state index contributed by atoms with van der Waals surface area (Å²) in [5.41, 5.74) is 5.25. The normalized spacial score (nSPS) is 10.7. The van der Waals surface area contributed by atoms with Gasteiger partial charge in [0.05, 0.1) is 14.8 Å². The van der Waals surface area contributed by atoms with Gasteiger partial charge in [0.1, 0.15) is 0 Å². The molecule has 0 aromatic carbocycles. The van der Waals surface area contributed by atoms with Crippen LogP contribution in [0.3, 0.4) is 0 Å². The molecule has 0 radical (unpaired) electrons. The molecule has 0 fully saturated rings. The van der Waals surface area contributed by atoms with Crippen molar-refractivity contribution in [1.82, 2.24) is 0 Å². The molecule has 0 aliphatic heterocycles. The van der Waals surface area contributed by atoms with E-state index in [2.05, 4.69) is 11.8 Å². The minimum Gasteiger partial charge on any atom is -0.316 e. The Kier molecular flexibility index (Phi) is 2.79. The fourth-order valence-corrected chi connectivity index (χ4v) is 1.50. The van der Waals surface area contributed by atoms with Crippen LogP contribution in [0.25, 0.3) is 0 Å². The Morgan fingerprint density at radius 3 is 2.58 bits per heavy atom. The smallest absolute Gasteiger partial charge is 0.0941 e. The Morgan fingerprint density at radius 2 is 2.17 bits per heavy atom. The monoisotopic (exact) mass is 199 g/mol. The number of hydrogen-bond donors (Lipinski definition) is 1. The molecule has 64 valence electrons. The van der Waals surface area contributed by atoms with E-state index in [9.17, 15) is 0 Å². The van der Waals surface area contributed by atoms with Gasteiger partial charge in [-0.15, -0.1) is 11.3 Å². The van der Waals surface area contributed by atoms with Crippen LogP contribution in [0.2, 0.25) is 4.34 Å². The molecule has 0 atom stereocenters. The van der Waals surface area contributed by atoms with Gasteiger partial charge in [-0.1, -0.05) is 23.4 Å². The molecule has 0 unspecified atom stereocenters. The third kappa shape index (κ3) is 3.27. The predicted molar refractivity (Wildman–Crippen MR) is 54.5 cm³/mol. The molecule has 3 heteroatoms. The predicted octanol–water partition coefficient (Wildman–Crippen LogP) is 2.49. The van der Waals surface area contributed by atoms with Gasteiger partial charge < -0.3 is 5.73 Å². The zero-order valence-corrected chi connectivity index (χ0v) is 8.59. The Bertz CT molecular complexity index is 324. The summed E-state index contributed by atoms with van der Waals surface area (Å²) in [5, 5.41) is 0. The van der Waals surface area contributed by atoms with Crippen LogP contribution in [-0.2, 0) is 0 Å². The minimum absolute atomic E-state index is 0.434. The zero-order chi connectivity index (χ0) is 9.19. The van der Waals surface area contributed by atoms with E-state index < -0.39 is 5.54 Å². The van der Waals surface area contributed by atoms with Crippen LogP contribution in [0.1, 0.15) is 18.7 Å². The second-order valence-corrected chi connectivity index (χ2v) is 4.79. The van der Waals surface area contributed by atoms with E-state index in [4.69, 9.17) is 17.3 Å². The van der Waals surface area contributed by atoms with Crippen molar-refractivity contribution in [2.24, 2.45) is 5.73 Å². The number of thiophene rings is 1. The van der Waals surface area contributed by atoms with Crippen LogP contribution in [0.4, 0.5) is 0 Å². The summed E-state index contributed by atoms with van der Waals surface area (Å²) in [5.74, 6) is 5.90. The molecule has 0 aliphatic carbocycles. The summed E-state index contributed by atoms with van der Waals surface area (Å²) in [4.78, 5) is 0.957. The second-order valence-electron chi connectivity index (χ2n) is 3.08. The van der Waals surface area contributed by atoms with Crippen molar-refractivity contribution >= 4 is 22.9 Å². The number of rotatable bonds is 0. The van der Waals surface area contributed by atoms with Gasteiger partial charge in [-0.2, -0.15) is 0 Å². The van der Waals surface area contributed by atoms with E-state index in [1.165, 1.54) is 11.3 Å². The number of halogens is 1. The van der Waals surface area contributed by atoms with E-state index in [1.54, 1.807) is 0 Å². The van der Waals surface area contributed by atoms with Crippen LogP contribution in [-0.4, -0.2) is 5.54 Å². The van der Waals surface area contributed by atoms with Crippen molar-refractivity contribution in [3.8, 4) is 11.8 Å². The van der Waals surface area contributed by atoms with E-state index in [-0.39, 0.29) is 0 Å². The van der Waals surface area contributed by atoms with Crippen molar-refractivity contribution in [2.75, 3.05) is 0 Å². The van der Waals surface area contributed by atoms with E-state index in [0.717, 1.165) is 9.21 Å². The average Bonchev–Trinajstić information content (AvgIpc) is 2.30. The van der Waals surface area contributed by atoms with Gasteiger partial charge >= 0.3 is 0 Å². The Labute approximate surface area is 81.5 Å². The summed E-state index contributed by atoms with van der Waals surface area (Å²) in [7, 11) is 0. The second kappa shape index (κ2) is 3.49. The van der Waals surface area contributed by atoms with E-state index >= 15 is 0 Å². The molecule has 0 saturated carbocycles. The first-order valence-electron chi connectivity index (χ1n) is 3.55. The van der Waals surface area contributed by atoms with Gasteiger partial charge in [-0.25, -0.2) is 0 Å². The lowest BCUT2D eigenvalue weighted by Gasteiger charge is -2.06. The van der Waals surface area contributed by atoms with Gasteiger partial charge in [-0.05, 0) is 26.0 Å². The Balaban J connectivity index is 2.80. The minimum atomic E-state index is -0.434. The summed E-state index contributed by atoms with van der Waals surface area (Å²) in [6.45, 7) is 3.74. The molecule has 0 saturated heterocycles. The highest BCUT2D eigenvalue weighted by atomic mass is 35.5. The molecule has 0 amide bonds. The first kappa shape index (κ1) is 9.60. The Morgan fingerprint density at radius 1 is 1.50 bits per heavy atom. The average molecular weight is 200 g/mol. The fraction of sp³-hybridized carbons (Fsp3) is 0.333. The molecule has 2 N–H and O–H groups in total. The molecular formula is C9H10ClNS. The first-order valence-corrected chi connectivity index (χ1v) is 4.74. The molecular weight excluding hydrogens is 190 g/mol. The third-order valence-corrected chi connectivity index (χ3v) is 2.23. The molecule has 0 bridgehead atoms. The van der Waals surface area contributed by atoms with Gasteiger partial charge in [-0.3, -0.25) is 0 Å². The number of hydrogen-bond acceptors (Lipinski definition) is 2. The van der Waals surface area contributed by atoms with Crippen LogP contribution < -0.4 is 5.73 Å². The summed E-state index contributed by atoms with van der Waals surface area (Å²) in [6, 6.07) is 3.73. The van der Waals surface area contributed by atoms with Crippen molar-refractivity contribution < 1.29 is 0 Å². The highest BCUT2D eigenvalue weighted by Gasteiger charge is 2.03. The Hall–Kier alpha value is -0.490. The summed E-state index contributed by atoms with van der Waals surface area (Å²) in [6.07, 6.45) is 0. The van der Waals surface area contributed by atoms with E-state index in [1.807, 2.05) is 26.0 Å². The van der Waals surface area contributed by atoms with Crippen molar-refractivity contribution in [3.63, 3.8) is 0 Å². The topological polar surface area (TPSA) is 26.0 Å². The van der Waals surface area contributed by atoms with Crippen LogP contribution in [0.15, 0.2) is 12.1 Å². The van der Waals surface area contributed by atoms with E-state index in [0.29, 0.717) is 0 Å². The van der Waals surface area contributed by atoms with Crippen LogP contribution >= 0.6 is 22.9 Å². The third-order valence-electron chi connectivity index (χ3n) is 1.08. The maximum Gasteiger partial charge on any atom is 0.0941 e. The fourth-order valence-electron chi connectivity index (χ4n) is 0.604. The molecule has 0 aliphatic rings. The van der Waals surface area contributed by atoms with Crippen molar-refractivity contribution in [2.45, 2.75) is 19.4 Å². The lowest BCUT2D eigenvalue weighted by Crippen LogP contribution is -2.29. The molecule has 12 heavy (non-hydrogen) atoms. The molecule has 1 heterocycles. The largest absolute Gasteiger partial charge is 0.316 e. The van der Waals surface area contributed by atoms with Crippen molar-refractivity contribution in [3.05, 3.63) is 21.3 Å². The highest BCUT2D eigenvalue weighted by molar-refractivity contribution is 7.16. The van der Waals surface area contributed by atoms with Gasteiger partial charge in [0.2, 0.25) is 0 Å². The summed E-state index contributed by atoms with van der Waals surface area (Å²) < 4.78 is 0.758. The lowest BCUT2D eigenvalue weighted by atomic mass is 10.1. The lowest BCUT2D eigenvalue weighted by molar-refractivity contribution is 0.681. The standard InChI is InChI=1S/C9H10ClNS/c1-9(2,11)6-5-7-3-4-8(10)12-7/h3-4H,11H2,1-2H3. The maximum atomic E-state index is 5.73. The number of nitrogens with two attached hydrogens (primary N) is 1. The first-order chi connectivity index (χ1) is 5.47. The van der Waals surface area contributed by atoms with Crippen LogP contribution in [0.5, 0.6) is 0 Å². The molecule has 1 rings (SSSR count). The van der Waals surface area contributed by atoms with Gasteiger partial charge in [0.25, 0.3) is 0 Å².